The minimum atomic E-state index is 0.0660. The highest BCUT2D eigenvalue weighted by Crippen LogP contribution is 2.28. The Morgan fingerprint density at radius 3 is 2.74 bits per heavy atom. The first-order chi connectivity index (χ1) is 15.1. The van der Waals surface area contributed by atoms with Crippen molar-refractivity contribution in [3.8, 4) is 16.9 Å². The minimum Gasteiger partial charge on any atom is -0.464 e. The Labute approximate surface area is 180 Å². The quantitative estimate of drug-likeness (QED) is 0.393. The average Bonchev–Trinajstić information content (AvgIpc) is 3.44. The first-order valence-corrected chi connectivity index (χ1v) is 10.3. The molecule has 0 radical (unpaired) electrons. The average molecular weight is 409 g/mol. The summed E-state index contributed by atoms with van der Waals surface area (Å²) in [4.78, 5) is 9.27. The lowest BCUT2D eigenvalue weighted by Gasteiger charge is -2.17. The van der Waals surface area contributed by atoms with Crippen molar-refractivity contribution in [2.24, 2.45) is 0 Å². The van der Waals surface area contributed by atoms with Gasteiger partial charge >= 0.3 is 0 Å². The van der Waals surface area contributed by atoms with Crippen LogP contribution >= 0.6 is 0 Å². The van der Waals surface area contributed by atoms with Crippen LogP contribution in [0, 0.1) is 13.8 Å². The summed E-state index contributed by atoms with van der Waals surface area (Å²) in [5.41, 5.74) is 6.11. The van der Waals surface area contributed by atoms with Crippen molar-refractivity contribution in [3.05, 3.63) is 90.2 Å². The van der Waals surface area contributed by atoms with E-state index in [1.54, 1.807) is 12.5 Å². The summed E-state index contributed by atoms with van der Waals surface area (Å²) in [6.07, 6.45) is 5.50. The smallest absolute Gasteiger partial charge is 0.134 e. The third-order valence-electron chi connectivity index (χ3n) is 5.40. The van der Waals surface area contributed by atoms with E-state index in [4.69, 9.17) is 4.42 Å². The molecule has 5 aromatic rings. The zero-order valence-corrected chi connectivity index (χ0v) is 17.7. The number of furan rings is 1. The molecule has 0 bridgehead atoms. The molecule has 31 heavy (non-hydrogen) atoms. The summed E-state index contributed by atoms with van der Waals surface area (Å²) >= 11 is 0. The second-order valence-electron chi connectivity index (χ2n) is 7.73. The number of rotatable bonds is 5. The van der Waals surface area contributed by atoms with Crippen LogP contribution in [0.2, 0.25) is 0 Å². The predicted molar refractivity (Wildman–Crippen MR) is 122 cm³/mol. The van der Waals surface area contributed by atoms with Crippen molar-refractivity contribution in [3.63, 3.8) is 0 Å². The number of hydrogen-bond acceptors (Lipinski definition) is 5. The second kappa shape index (κ2) is 7.72. The van der Waals surface area contributed by atoms with E-state index in [1.165, 1.54) is 0 Å². The van der Waals surface area contributed by atoms with E-state index < -0.39 is 0 Å². The highest BCUT2D eigenvalue weighted by atomic mass is 16.3. The number of nitrogens with zero attached hydrogens (tertiary/aromatic N) is 4. The Bertz CT molecular complexity index is 1350. The van der Waals surface area contributed by atoms with Crippen LogP contribution in [-0.4, -0.2) is 19.7 Å². The summed E-state index contributed by atoms with van der Waals surface area (Å²) in [7, 11) is 0. The third kappa shape index (κ3) is 3.80. The molecule has 0 fully saturated rings. The molecule has 3 heterocycles. The SMILES string of the molecule is Cc1nc(NC(C)c2cccc(-n3cccn3)c2)cc(-c2ccc3occ(C)c3c2)n1. The van der Waals surface area contributed by atoms with Crippen molar-refractivity contribution < 1.29 is 4.42 Å². The van der Waals surface area contributed by atoms with E-state index in [0.29, 0.717) is 0 Å². The first kappa shape index (κ1) is 19.1. The van der Waals surface area contributed by atoms with Crippen molar-refractivity contribution >= 4 is 16.8 Å². The van der Waals surface area contributed by atoms with E-state index in [2.05, 4.69) is 45.5 Å². The summed E-state index contributed by atoms with van der Waals surface area (Å²) in [5.74, 6) is 1.52. The zero-order valence-electron chi connectivity index (χ0n) is 17.7. The first-order valence-electron chi connectivity index (χ1n) is 10.3. The summed E-state index contributed by atoms with van der Waals surface area (Å²) < 4.78 is 7.43. The Morgan fingerprint density at radius 1 is 1.00 bits per heavy atom. The number of benzene rings is 2. The van der Waals surface area contributed by atoms with Gasteiger partial charge in [-0.3, -0.25) is 0 Å². The van der Waals surface area contributed by atoms with Gasteiger partial charge in [0.1, 0.15) is 17.2 Å². The Hall–Kier alpha value is -3.93. The fourth-order valence-corrected chi connectivity index (χ4v) is 3.77. The predicted octanol–water partition coefficient (Wildman–Crippen LogP) is 5.87. The molecule has 5 rings (SSSR count). The van der Waals surface area contributed by atoms with Gasteiger partial charge in [-0.25, -0.2) is 14.6 Å². The Kier molecular flexibility index (Phi) is 4.75. The van der Waals surface area contributed by atoms with Gasteiger partial charge in [0.25, 0.3) is 0 Å². The molecule has 1 N–H and O–H groups in total. The molecule has 0 saturated heterocycles. The van der Waals surface area contributed by atoms with Crippen LogP contribution in [0.4, 0.5) is 5.82 Å². The largest absolute Gasteiger partial charge is 0.464 e. The summed E-state index contributed by atoms with van der Waals surface area (Å²) in [5, 5.41) is 8.95. The van der Waals surface area contributed by atoms with E-state index in [0.717, 1.165) is 50.7 Å². The Morgan fingerprint density at radius 2 is 1.90 bits per heavy atom. The molecule has 2 aromatic carbocycles. The van der Waals surface area contributed by atoms with Crippen LogP contribution in [-0.2, 0) is 0 Å². The van der Waals surface area contributed by atoms with Crippen LogP contribution in [0.1, 0.15) is 29.9 Å². The lowest BCUT2D eigenvalue weighted by atomic mass is 10.1. The highest BCUT2D eigenvalue weighted by Gasteiger charge is 2.12. The monoisotopic (exact) mass is 409 g/mol. The fraction of sp³-hybridized carbons (Fsp3) is 0.160. The molecular weight excluding hydrogens is 386 g/mol. The van der Waals surface area contributed by atoms with Gasteiger partial charge < -0.3 is 9.73 Å². The van der Waals surface area contributed by atoms with Crippen molar-refractivity contribution in [2.45, 2.75) is 26.8 Å². The molecule has 3 aromatic heterocycles. The molecule has 154 valence electrons. The number of anilines is 1. The fourth-order valence-electron chi connectivity index (χ4n) is 3.77. The van der Waals surface area contributed by atoms with Gasteiger partial charge in [0.05, 0.1) is 23.7 Å². The zero-order chi connectivity index (χ0) is 21.4. The van der Waals surface area contributed by atoms with Crippen molar-refractivity contribution in [1.29, 1.82) is 0 Å². The van der Waals surface area contributed by atoms with Crippen molar-refractivity contribution in [2.75, 3.05) is 5.32 Å². The van der Waals surface area contributed by atoms with E-state index in [1.807, 2.05) is 61.1 Å². The van der Waals surface area contributed by atoms with Gasteiger partial charge in [-0.15, -0.1) is 0 Å². The van der Waals surface area contributed by atoms with E-state index >= 15 is 0 Å². The highest BCUT2D eigenvalue weighted by molar-refractivity contribution is 5.85. The van der Waals surface area contributed by atoms with Crippen molar-refractivity contribution in [1.82, 2.24) is 19.7 Å². The van der Waals surface area contributed by atoms with Crippen LogP contribution in [0.15, 0.2) is 77.7 Å². The van der Waals surface area contributed by atoms with Gasteiger partial charge in [-0.05, 0) is 68.3 Å². The number of aromatic nitrogens is 4. The number of nitrogens with one attached hydrogen (secondary N) is 1. The molecule has 0 aliphatic heterocycles. The molecule has 1 atom stereocenters. The number of aryl methyl sites for hydroxylation is 2. The Balaban J connectivity index is 1.44. The molecular formula is C25H23N5O. The molecule has 6 heteroatoms. The summed E-state index contributed by atoms with van der Waals surface area (Å²) in [6.45, 7) is 6.09. The van der Waals surface area contributed by atoms with Crippen LogP contribution in [0.25, 0.3) is 27.9 Å². The molecule has 0 spiro atoms. The molecule has 0 aliphatic carbocycles. The normalized spacial score (nSPS) is 12.2. The molecule has 1 unspecified atom stereocenters. The van der Waals surface area contributed by atoms with Crippen LogP contribution < -0.4 is 5.32 Å². The maximum Gasteiger partial charge on any atom is 0.134 e. The number of hydrogen-bond donors (Lipinski definition) is 1. The lowest BCUT2D eigenvalue weighted by Crippen LogP contribution is -2.10. The van der Waals surface area contributed by atoms with E-state index in [9.17, 15) is 0 Å². The van der Waals surface area contributed by atoms with Gasteiger partial charge in [-0.1, -0.05) is 12.1 Å². The van der Waals surface area contributed by atoms with Gasteiger partial charge in [0, 0.05) is 29.4 Å². The van der Waals surface area contributed by atoms with Crippen LogP contribution in [0.5, 0.6) is 0 Å². The molecule has 0 aliphatic rings. The maximum absolute atomic E-state index is 5.57. The molecule has 0 amide bonds. The third-order valence-corrected chi connectivity index (χ3v) is 5.40. The molecule has 6 nitrogen and oxygen atoms in total. The summed E-state index contributed by atoms with van der Waals surface area (Å²) in [6, 6.07) is 18.5. The number of fused-ring (bicyclic) bond motifs is 1. The van der Waals surface area contributed by atoms with Crippen LogP contribution in [0.3, 0.4) is 0 Å². The maximum atomic E-state index is 5.57. The van der Waals surface area contributed by atoms with Gasteiger partial charge in [-0.2, -0.15) is 5.10 Å². The van der Waals surface area contributed by atoms with E-state index in [-0.39, 0.29) is 6.04 Å². The second-order valence-corrected chi connectivity index (χ2v) is 7.73. The molecule has 0 saturated carbocycles. The lowest BCUT2D eigenvalue weighted by molar-refractivity contribution is 0.613. The minimum absolute atomic E-state index is 0.0660. The standard InChI is InChI=1S/C25H23N5O/c1-16-15-31-24-9-8-20(13-22(16)24)23-14-25(29-18(3)28-23)27-17(2)19-6-4-7-21(12-19)30-11-5-10-26-30/h4-15,17H,1-3H3,(H,27,28,29). The topological polar surface area (TPSA) is 68.8 Å². The van der Waals surface area contributed by atoms with Gasteiger partial charge in [0.2, 0.25) is 0 Å². The van der Waals surface area contributed by atoms with Gasteiger partial charge in [0.15, 0.2) is 0 Å².